The van der Waals surface area contributed by atoms with Gasteiger partial charge in [-0.2, -0.15) is 5.10 Å². The molecule has 0 atom stereocenters. The Bertz CT molecular complexity index is 722. The topological polar surface area (TPSA) is 68.5 Å². The Hall–Kier alpha value is -2.26. The van der Waals surface area contributed by atoms with Crippen molar-refractivity contribution in [2.45, 2.75) is 26.4 Å². The van der Waals surface area contributed by atoms with Crippen molar-refractivity contribution in [2.75, 3.05) is 6.54 Å². The van der Waals surface area contributed by atoms with Crippen molar-refractivity contribution < 1.29 is 9.53 Å². The number of halogens is 1. The van der Waals surface area contributed by atoms with Gasteiger partial charge < -0.3 is 10.1 Å². The Balaban J connectivity index is 1.99. The molecule has 0 unspecified atom stereocenters. The van der Waals surface area contributed by atoms with E-state index in [0.717, 1.165) is 0 Å². The minimum absolute atomic E-state index is 0.173. The Morgan fingerprint density at radius 2 is 2.29 bits per heavy atom. The van der Waals surface area contributed by atoms with Crippen LogP contribution in [-0.2, 0) is 4.74 Å². The molecule has 0 spiro atoms. The maximum Gasteiger partial charge on any atom is 0.408 e. The predicted octanol–water partition coefficient (Wildman–Crippen LogP) is 2.26. The smallest absolute Gasteiger partial charge is 0.408 e. The molecule has 0 aromatic carbocycles. The van der Waals surface area contributed by atoms with Crippen LogP contribution in [0.2, 0.25) is 5.15 Å². The molecule has 0 aliphatic carbocycles. The second kappa shape index (κ2) is 6.02. The zero-order valence-electron chi connectivity index (χ0n) is 12.0. The number of alkyl carbamates (subject to hydrolysis) is 1. The van der Waals surface area contributed by atoms with E-state index in [-0.39, 0.29) is 6.54 Å². The van der Waals surface area contributed by atoms with Crippen LogP contribution < -0.4 is 5.32 Å². The summed E-state index contributed by atoms with van der Waals surface area (Å²) in [6.45, 7) is 5.57. The van der Waals surface area contributed by atoms with Gasteiger partial charge >= 0.3 is 6.09 Å². The molecule has 110 valence electrons. The Kier molecular flexibility index (Phi) is 4.34. The summed E-state index contributed by atoms with van der Waals surface area (Å²) >= 11 is 5.84. The lowest BCUT2D eigenvalue weighted by Crippen LogP contribution is -2.32. The van der Waals surface area contributed by atoms with E-state index in [4.69, 9.17) is 16.3 Å². The first-order valence-corrected chi connectivity index (χ1v) is 6.68. The highest BCUT2D eigenvalue weighted by molar-refractivity contribution is 6.29. The number of rotatable bonds is 1. The average Bonchev–Trinajstić information content (AvgIpc) is 2.75. The molecular weight excluding hydrogens is 292 g/mol. The van der Waals surface area contributed by atoms with Crippen LogP contribution in [0, 0.1) is 11.8 Å². The van der Waals surface area contributed by atoms with Crippen LogP contribution >= 0.6 is 11.6 Å². The van der Waals surface area contributed by atoms with Gasteiger partial charge in [-0.15, -0.1) is 0 Å². The van der Waals surface area contributed by atoms with E-state index < -0.39 is 11.7 Å². The molecule has 0 radical (unpaired) electrons. The van der Waals surface area contributed by atoms with E-state index in [2.05, 4.69) is 27.2 Å². The van der Waals surface area contributed by atoms with Gasteiger partial charge in [0, 0.05) is 6.20 Å². The van der Waals surface area contributed by atoms with Gasteiger partial charge in [-0.1, -0.05) is 23.4 Å². The van der Waals surface area contributed by atoms with Gasteiger partial charge in [0.05, 0.1) is 18.3 Å². The summed E-state index contributed by atoms with van der Waals surface area (Å²) in [6.07, 6.45) is 2.80. The number of nitrogens with one attached hydrogen (secondary N) is 1. The van der Waals surface area contributed by atoms with Crippen molar-refractivity contribution in [1.82, 2.24) is 19.9 Å². The third-order valence-electron chi connectivity index (χ3n) is 2.28. The molecule has 6 nitrogen and oxygen atoms in total. The highest BCUT2D eigenvalue weighted by Crippen LogP contribution is 2.10. The summed E-state index contributed by atoms with van der Waals surface area (Å²) in [5.74, 6) is 5.71. The minimum atomic E-state index is -0.527. The fourth-order valence-electron chi connectivity index (χ4n) is 1.50. The molecule has 0 aliphatic rings. The number of fused-ring (bicyclic) bond motifs is 1. The van der Waals surface area contributed by atoms with E-state index in [1.165, 1.54) is 0 Å². The van der Waals surface area contributed by atoms with E-state index in [0.29, 0.717) is 16.4 Å². The van der Waals surface area contributed by atoms with Gasteiger partial charge in [-0.3, -0.25) is 0 Å². The fourth-order valence-corrected chi connectivity index (χ4v) is 1.64. The van der Waals surface area contributed by atoms with Gasteiger partial charge in [0.1, 0.15) is 10.8 Å². The molecule has 0 saturated carbocycles. The van der Waals surface area contributed by atoms with Crippen molar-refractivity contribution in [1.29, 1.82) is 0 Å². The monoisotopic (exact) mass is 306 g/mol. The van der Waals surface area contributed by atoms with Crippen LogP contribution in [0.15, 0.2) is 18.5 Å². The predicted molar refractivity (Wildman–Crippen MR) is 79.1 cm³/mol. The third-order valence-corrected chi connectivity index (χ3v) is 2.49. The lowest BCUT2D eigenvalue weighted by molar-refractivity contribution is 0.0535. The zero-order valence-corrected chi connectivity index (χ0v) is 12.7. The van der Waals surface area contributed by atoms with Gasteiger partial charge in [0.15, 0.2) is 5.65 Å². The number of nitrogens with zero attached hydrogens (tertiary/aromatic N) is 3. The van der Waals surface area contributed by atoms with E-state index in [9.17, 15) is 4.79 Å². The van der Waals surface area contributed by atoms with Gasteiger partial charge in [0.25, 0.3) is 0 Å². The first-order valence-electron chi connectivity index (χ1n) is 6.31. The molecule has 2 aromatic rings. The molecular formula is C14H15ClN4O2. The van der Waals surface area contributed by atoms with E-state index in [1.54, 1.807) is 43.7 Å². The lowest BCUT2D eigenvalue weighted by atomic mass is 10.2. The van der Waals surface area contributed by atoms with Gasteiger partial charge in [-0.05, 0) is 26.8 Å². The molecule has 2 heterocycles. The normalized spacial score (nSPS) is 10.9. The number of aromatic nitrogens is 3. The summed E-state index contributed by atoms with van der Waals surface area (Å²) in [5, 5.41) is 7.03. The van der Waals surface area contributed by atoms with Crippen molar-refractivity contribution in [3.05, 3.63) is 29.2 Å². The Labute approximate surface area is 127 Å². The highest BCUT2D eigenvalue weighted by atomic mass is 35.5. The lowest BCUT2D eigenvalue weighted by Gasteiger charge is -2.18. The van der Waals surface area contributed by atoms with Crippen molar-refractivity contribution >= 4 is 23.3 Å². The van der Waals surface area contributed by atoms with Gasteiger partial charge in [0.2, 0.25) is 0 Å². The maximum absolute atomic E-state index is 11.4. The van der Waals surface area contributed by atoms with Crippen LogP contribution in [0.25, 0.3) is 5.65 Å². The largest absolute Gasteiger partial charge is 0.444 e. The molecule has 2 rings (SSSR count). The molecule has 1 N–H and O–H groups in total. The number of amides is 1. The summed E-state index contributed by atoms with van der Waals surface area (Å²) < 4.78 is 6.68. The standard InChI is InChI=1S/C14H15ClN4O2/c1-14(2,3)21-13(20)16-7-4-5-10-9-17-19-8-6-11(15)18-12(10)19/h6,8-9H,7H2,1-3H3,(H,16,20). The van der Waals surface area contributed by atoms with E-state index in [1.807, 2.05) is 0 Å². The van der Waals surface area contributed by atoms with Crippen LogP contribution in [-0.4, -0.2) is 32.8 Å². The minimum Gasteiger partial charge on any atom is -0.444 e. The maximum atomic E-state index is 11.4. The average molecular weight is 307 g/mol. The highest BCUT2D eigenvalue weighted by Gasteiger charge is 2.15. The number of hydrogen-bond acceptors (Lipinski definition) is 4. The molecule has 0 bridgehead atoms. The molecule has 0 saturated heterocycles. The zero-order chi connectivity index (χ0) is 15.5. The number of carbonyl (C=O) groups is 1. The Morgan fingerprint density at radius 1 is 1.52 bits per heavy atom. The van der Waals surface area contributed by atoms with Crippen LogP contribution in [0.3, 0.4) is 0 Å². The van der Waals surface area contributed by atoms with Crippen LogP contribution in [0.1, 0.15) is 26.3 Å². The number of carbonyl (C=O) groups excluding carboxylic acids is 1. The SMILES string of the molecule is CC(C)(C)OC(=O)NCC#Cc1cnn2ccc(Cl)nc12. The third kappa shape index (κ3) is 4.36. The quantitative estimate of drug-likeness (QED) is 0.648. The van der Waals surface area contributed by atoms with E-state index >= 15 is 0 Å². The molecule has 0 fully saturated rings. The molecule has 21 heavy (non-hydrogen) atoms. The molecule has 2 aromatic heterocycles. The van der Waals surface area contributed by atoms with Crippen LogP contribution in [0.4, 0.5) is 4.79 Å². The first kappa shape index (κ1) is 15.1. The van der Waals surface area contributed by atoms with Gasteiger partial charge in [-0.25, -0.2) is 14.3 Å². The number of hydrogen-bond donors (Lipinski definition) is 1. The summed E-state index contributed by atoms with van der Waals surface area (Å²) in [4.78, 5) is 15.6. The summed E-state index contributed by atoms with van der Waals surface area (Å²) in [5.41, 5.74) is 0.691. The molecule has 0 aliphatic heterocycles. The summed E-state index contributed by atoms with van der Waals surface area (Å²) in [7, 11) is 0. The molecule has 1 amide bonds. The second-order valence-corrected chi connectivity index (χ2v) is 5.62. The van der Waals surface area contributed by atoms with Crippen molar-refractivity contribution in [3.8, 4) is 11.8 Å². The first-order chi connectivity index (χ1) is 9.85. The molecule has 7 heteroatoms. The second-order valence-electron chi connectivity index (χ2n) is 5.23. The summed E-state index contributed by atoms with van der Waals surface area (Å²) in [6, 6.07) is 1.64. The van der Waals surface area contributed by atoms with Crippen molar-refractivity contribution in [2.24, 2.45) is 0 Å². The fraction of sp³-hybridized carbons (Fsp3) is 0.357. The number of ether oxygens (including phenoxy) is 1. The Morgan fingerprint density at radius 3 is 3.00 bits per heavy atom. The van der Waals surface area contributed by atoms with Crippen molar-refractivity contribution in [3.63, 3.8) is 0 Å². The van der Waals surface area contributed by atoms with Crippen LogP contribution in [0.5, 0.6) is 0 Å².